The average Bonchev–Trinajstić information content (AvgIpc) is 2.53. The van der Waals surface area contributed by atoms with Crippen molar-refractivity contribution in [3.63, 3.8) is 0 Å². The van der Waals surface area contributed by atoms with Crippen LogP contribution in [-0.2, 0) is 6.54 Å². The predicted molar refractivity (Wildman–Crippen MR) is 98.5 cm³/mol. The van der Waals surface area contributed by atoms with Crippen molar-refractivity contribution in [2.45, 2.75) is 33.2 Å². The molecule has 0 radical (unpaired) electrons. The van der Waals surface area contributed by atoms with Crippen LogP contribution in [0.3, 0.4) is 0 Å². The Morgan fingerprint density at radius 3 is 2.50 bits per heavy atom. The van der Waals surface area contributed by atoms with Gasteiger partial charge in [-0.3, -0.25) is 4.79 Å². The second-order valence-electron chi connectivity index (χ2n) is 6.56. The Bertz CT molecular complexity index is 831. The normalized spacial score (nSPS) is 16.2. The smallest absolute Gasteiger partial charge is 0.266 e. The van der Waals surface area contributed by atoms with E-state index in [0.717, 1.165) is 34.5 Å². The molecule has 0 saturated carbocycles. The standard InChI is InChI=1S/C19H21N3O.ClH/c1-11(2)15-9-21-10-16-17(13-6-4-12(3)5-7-13)14(8-20)19(23)22-18(15)16;/h4-7,11,15,21H,9-10H2,1-3H3,(H,22,23);1H. The maximum Gasteiger partial charge on any atom is 0.266 e. The largest absolute Gasteiger partial charge is 0.324 e. The van der Waals surface area contributed by atoms with E-state index in [2.05, 4.69) is 30.2 Å². The highest BCUT2D eigenvalue weighted by Gasteiger charge is 2.28. The van der Waals surface area contributed by atoms with Crippen LogP contribution in [0.15, 0.2) is 29.1 Å². The van der Waals surface area contributed by atoms with Gasteiger partial charge in [-0.15, -0.1) is 12.4 Å². The number of hydrogen-bond acceptors (Lipinski definition) is 3. The fraction of sp³-hybridized carbons (Fsp3) is 0.368. The minimum atomic E-state index is -0.283. The van der Waals surface area contributed by atoms with Gasteiger partial charge in [-0.25, -0.2) is 0 Å². The van der Waals surface area contributed by atoms with Gasteiger partial charge in [0.15, 0.2) is 0 Å². The van der Waals surface area contributed by atoms with Crippen molar-refractivity contribution >= 4 is 12.4 Å². The number of pyridine rings is 1. The summed E-state index contributed by atoms with van der Waals surface area (Å²) in [6, 6.07) is 10.1. The van der Waals surface area contributed by atoms with Crippen LogP contribution >= 0.6 is 12.4 Å². The monoisotopic (exact) mass is 343 g/mol. The van der Waals surface area contributed by atoms with Gasteiger partial charge < -0.3 is 10.3 Å². The van der Waals surface area contributed by atoms with Gasteiger partial charge in [0, 0.05) is 30.3 Å². The molecule has 2 N–H and O–H groups in total. The van der Waals surface area contributed by atoms with Gasteiger partial charge in [-0.05, 0) is 24.0 Å². The van der Waals surface area contributed by atoms with E-state index in [4.69, 9.17) is 0 Å². The number of aromatic amines is 1. The molecule has 2 aromatic rings. The number of nitrogens with zero attached hydrogens (tertiary/aromatic N) is 1. The average molecular weight is 344 g/mol. The van der Waals surface area contributed by atoms with E-state index in [0.29, 0.717) is 12.5 Å². The van der Waals surface area contributed by atoms with Crippen molar-refractivity contribution in [3.8, 4) is 17.2 Å². The molecule has 0 aliphatic carbocycles. The van der Waals surface area contributed by atoms with Crippen LogP contribution in [0.1, 0.15) is 42.1 Å². The number of benzene rings is 1. The molecule has 0 saturated heterocycles. The van der Waals surface area contributed by atoms with Crippen molar-refractivity contribution in [1.82, 2.24) is 10.3 Å². The molecule has 24 heavy (non-hydrogen) atoms. The molecular weight excluding hydrogens is 322 g/mol. The lowest BCUT2D eigenvalue weighted by atomic mass is 9.83. The first kappa shape index (κ1) is 18.3. The highest BCUT2D eigenvalue weighted by molar-refractivity contribution is 5.85. The zero-order valence-corrected chi connectivity index (χ0v) is 15.0. The molecular formula is C19H22ClN3O. The molecule has 1 unspecified atom stereocenters. The number of aromatic nitrogens is 1. The van der Waals surface area contributed by atoms with E-state index in [1.165, 1.54) is 0 Å². The molecule has 1 aromatic carbocycles. The van der Waals surface area contributed by atoms with E-state index in [9.17, 15) is 10.1 Å². The molecule has 0 bridgehead atoms. The summed E-state index contributed by atoms with van der Waals surface area (Å²) in [5.74, 6) is 0.666. The molecule has 0 amide bonds. The van der Waals surface area contributed by atoms with Crippen LogP contribution in [0.25, 0.3) is 11.1 Å². The summed E-state index contributed by atoms with van der Waals surface area (Å²) in [4.78, 5) is 15.4. The lowest BCUT2D eigenvalue weighted by Crippen LogP contribution is -2.35. The van der Waals surface area contributed by atoms with Crippen molar-refractivity contribution in [2.24, 2.45) is 5.92 Å². The Hall–Kier alpha value is -2.09. The Morgan fingerprint density at radius 2 is 1.92 bits per heavy atom. The number of halogens is 1. The Morgan fingerprint density at radius 1 is 1.25 bits per heavy atom. The third-order valence-corrected chi connectivity index (χ3v) is 4.65. The van der Waals surface area contributed by atoms with Crippen LogP contribution in [-0.4, -0.2) is 11.5 Å². The van der Waals surface area contributed by atoms with Crippen LogP contribution in [0.5, 0.6) is 0 Å². The van der Waals surface area contributed by atoms with Crippen LogP contribution in [0.4, 0.5) is 0 Å². The highest BCUT2D eigenvalue weighted by atomic mass is 35.5. The maximum absolute atomic E-state index is 12.5. The van der Waals surface area contributed by atoms with Crippen LogP contribution < -0.4 is 10.9 Å². The quantitative estimate of drug-likeness (QED) is 0.877. The summed E-state index contributed by atoms with van der Waals surface area (Å²) in [5, 5.41) is 12.9. The molecule has 0 fully saturated rings. The number of H-pyrrole nitrogens is 1. The Balaban J connectivity index is 0.00000208. The fourth-order valence-corrected chi connectivity index (χ4v) is 3.33. The fourth-order valence-electron chi connectivity index (χ4n) is 3.33. The molecule has 2 heterocycles. The van der Waals surface area contributed by atoms with Gasteiger partial charge in [-0.2, -0.15) is 5.26 Å². The van der Waals surface area contributed by atoms with Crippen LogP contribution in [0, 0.1) is 24.2 Å². The summed E-state index contributed by atoms with van der Waals surface area (Å²) in [6.45, 7) is 7.86. The second kappa shape index (κ2) is 7.21. The molecule has 1 aliphatic heterocycles. The summed E-state index contributed by atoms with van der Waals surface area (Å²) < 4.78 is 0. The lowest BCUT2D eigenvalue weighted by Gasteiger charge is -2.30. The minimum Gasteiger partial charge on any atom is -0.324 e. The summed E-state index contributed by atoms with van der Waals surface area (Å²) >= 11 is 0. The molecule has 3 rings (SSSR count). The highest BCUT2D eigenvalue weighted by Crippen LogP contribution is 2.35. The van der Waals surface area contributed by atoms with E-state index < -0.39 is 0 Å². The minimum absolute atomic E-state index is 0. The molecule has 1 aliphatic rings. The zero-order chi connectivity index (χ0) is 16.6. The molecule has 0 spiro atoms. The first-order chi connectivity index (χ1) is 11.0. The number of rotatable bonds is 2. The van der Waals surface area contributed by atoms with Crippen molar-refractivity contribution in [3.05, 3.63) is 57.0 Å². The van der Waals surface area contributed by atoms with Gasteiger partial charge in [0.25, 0.3) is 5.56 Å². The van der Waals surface area contributed by atoms with Gasteiger partial charge in [0.05, 0.1) is 0 Å². The lowest BCUT2D eigenvalue weighted by molar-refractivity contribution is 0.425. The molecule has 126 valence electrons. The number of hydrogen-bond donors (Lipinski definition) is 2. The first-order valence-electron chi connectivity index (χ1n) is 7.99. The van der Waals surface area contributed by atoms with Gasteiger partial charge >= 0.3 is 0 Å². The Labute approximate surface area is 148 Å². The third-order valence-electron chi connectivity index (χ3n) is 4.65. The van der Waals surface area contributed by atoms with Gasteiger partial charge in [-0.1, -0.05) is 43.7 Å². The number of nitriles is 1. The second-order valence-corrected chi connectivity index (χ2v) is 6.56. The maximum atomic E-state index is 12.5. The zero-order valence-electron chi connectivity index (χ0n) is 14.1. The summed E-state index contributed by atoms with van der Waals surface area (Å²) in [7, 11) is 0. The third kappa shape index (κ3) is 3.10. The predicted octanol–water partition coefficient (Wildman–Crippen LogP) is 3.49. The molecule has 5 heteroatoms. The van der Waals surface area contributed by atoms with Crippen molar-refractivity contribution in [2.75, 3.05) is 6.54 Å². The van der Waals surface area contributed by atoms with E-state index in [1.807, 2.05) is 31.2 Å². The van der Waals surface area contributed by atoms with Crippen molar-refractivity contribution < 1.29 is 0 Å². The molecule has 1 atom stereocenters. The SMILES string of the molecule is Cc1ccc(-c2c3c([nH]c(=O)c2C#N)C(C(C)C)CNC3)cc1.Cl. The van der Waals surface area contributed by atoms with E-state index >= 15 is 0 Å². The summed E-state index contributed by atoms with van der Waals surface area (Å²) in [5.41, 5.74) is 4.83. The number of nitrogens with one attached hydrogen (secondary N) is 2. The molecule has 1 aromatic heterocycles. The molecule has 4 nitrogen and oxygen atoms in total. The summed E-state index contributed by atoms with van der Waals surface area (Å²) in [6.07, 6.45) is 0. The van der Waals surface area contributed by atoms with E-state index in [1.54, 1.807) is 0 Å². The van der Waals surface area contributed by atoms with Crippen molar-refractivity contribution in [1.29, 1.82) is 5.26 Å². The number of aryl methyl sites for hydroxylation is 1. The van der Waals surface area contributed by atoms with E-state index in [-0.39, 0.29) is 29.4 Å². The number of fused-ring (bicyclic) bond motifs is 1. The Kier molecular flexibility index (Phi) is 5.48. The van der Waals surface area contributed by atoms with Gasteiger partial charge in [0.1, 0.15) is 11.6 Å². The van der Waals surface area contributed by atoms with Crippen LogP contribution in [0.2, 0.25) is 0 Å². The van der Waals surface area contributed by atoms with Gasteiger partial charge in [0.2, 0.25) is 0 Å². The topological polar surface area (TPSA) is 68.7 Å². The first-order valence-corrected chi connectivity index (χ1v) is 7.99.